The van der Waals surface area contributed by atoms with Crippen LogP contribution < -0.4 is 15.4 Å². The Kier molecular flexibility index (Phi) is 6.97. The predicted octanol–water partition coefficient (Wildman–Crippen LogP) is 2.57. The molecule has 7 nitrogen and oxygen atoms in total. The van der Waals surface area contributed by atoms with Crippen LogP contribution >= 0.6 is 0 Å². The number of anilines is 2. The second-order valence-electron chi connectivity index (χ2n) is 5.81. The summed E-state index contributed by atoms with van der Waals surface area (Å²) in [6, 6.07) is 5.97. The zero-order chi connectivity index (χ0) is 18.2. The molecule has 1 aromatic carbocycles. The fourth-order valence-electron chi connectivity index (χ4n) is 2.53. The number of rotatable bonds is 9. The number of hydrogen-bond acceptors (Lipinski definition) is 7. The van der Waals surface area contributed by atoms with Gasteiger partial charge in [-0.05, 0) is 37.1 Å². The van der Waals surface area contributed by atoms with Gasteiger partial charge in [0.2, 0.25) is 5.88 Å². The fraction of sp³-hybridized carbons (Fsp3) is 0.444. The van der Waals surface area contributed by atoms with E-state index in [1.807, 2.05) is 30.9 Å². The Hall–Kier alpha value is -2.38. The van der Waals surface area contributed by atoms with Crippen molar-refractivity contribution in [2.24, 2.45) is 0 Å². The van der Waals surface area contributed by atoms with Crippen LogP contribution in [0.1, 0.15) is 11.1 Å². The van der Waals surface area contributed by atoms with E-state index in [-0.39, 0.29) is 0 Å². The van der Waals surface area contributed by atoms with Crippen LogP contribution in [0.2, 0.25) is 0 Å². The summed E-state index contributed by atoms with van der Waals surface area (Å²) in [5.74, 6) is 1.66. The summed E-state index contributed by atoms with van der Waals surface area (Å²) >= 11 is 0. The van der Waals surface area contributed by atoms with E-state index in [1.54, 1.807) is 14.2 Å². The van der Waals surface area contributed by atoms with Crippen molar-refractivity contribution < 1.29 is 14.2 Å². The van der Waals surface area contributed by atoms with Crippen molar-refractivity contribution in [3.63, 3.8) is 0 Å². The lowest BCUT2D eigenvalue weighted by molar-refractivity contribution is 0.190. The molecular weight excluding hydrogens is 320 g/mol. The van der Waals surface area contributed by atoms with E-state index in [9.17, 15) is 0 Å². The van der Waals surface area contributed by atoms with Gasteiger partial charge in [-0.2, -0.15) is 4.98 Å². The third-order valence-corrected chi connectivity index (χ3v) is 3.67. The predicted molar refractivity (Wildman–Crippen MR) is 98.4 cm³/mol. The van der Waals surface area contributed by atoms with E-state index in [1.165, 1.54) is 6.33 Å². The Morgan fingerprint density at radius 1 is 0.960 bits per heavy atom. The Bertz CT molecular complexity index is 666. The zero-order valence-electron chi connectivity index (χ0n) is 15.3. The molecule has 0 bridgehead atoms. The average Bonchev–Trinajstić information content (AvgIpc) is 2.56. The van der Waals surface area contributed by atoms with Gasteiger partial charge in [-0.15, -0.1) is 0 Å². The first-order valence-electron chi connectivity index (χ1n) is 8.14. The molecule has 2 aromatic rings. The van der Waals surface area contributed by atoms with Gasteiger partial charge in [-0.25, -0.2) is 4.98 Å². The van der Waals surface area contributed by atoms with Gasteiger partial charge in [-0.3, -0.25) is 0 Å². The van der Waals surface area contributed by atoms with Crippen LogP contribution in [0.3, 0.4) is 0 Å². The lowest BCUT2D eigenvalue weighted by Crippen LogP contribution is -2.32. The van der Waals surface area contributed by atoms with Crippen LogP contribution in [0.5, 0.6) is 11.6 Å². The molecule has 1 heterocycles. The first kappa shape index (κ1) is 19.0. The second kappa shape index (κ2) is 9.19. The maximum absolute atomic E-state index is 6.28. The highest BCUT2D eigenvalue weighted by molar-refractivity contribution is 5.68. The van der Waals surface area contributed by atoms with Gasteiger partial charge in [0.25, 0.3) is 0 Å². The lowest BCUT2D eigenvalue weighted by atomic mass is 10.1. The molecular formula is C18H26N4O3. The maximum atomic E-state index is 6.28. The fourth-order valence-corrected chi connectivity index (χ4v) is 2.53. The quantitative estimate of drug-likeness (QED) is 0.747. The highest BCUT2D eigenvalue weighted by Crippen LogP contribution is 2.32. The van der Waals surface area contributed by atoms with Gasteiger partial charge in [0, 0.05) is 27.3 Å². The maximum Gasteiger partial charge on any atom is 0.248 e. The summed E-state index contributed by atoms with van der Waals surface area (Å²) in [7, 11) is 3.32. The van der Waals surface area contributed by atoms with Crippen molar-refractivity contribution in [3.8, 4) is 11.6 Å². The summed E-state index contributed by atoms with van der Waals surface area (Å²) < 4.78 is 16.2. The molecule has 7 heteroatoms. The molecule has 0 aliphatic rings. The molecule has 2 N–H and O–H groups in total. The third-order valence-electron chi connectivity index (χ3n) is 3.67. The molecule has 0 amide bonds. The average molecular weight is 346 g/mol. The normalized spacial score (nSPS) is 10.7. The molecule has 0 saturated heterocycles. The SMILES string of the molecule is COCCN(CCOC)c1ncnc(Oc2cc(C)cc(C)c2)c1N. The number of nitrogens with two attached hydrogens (primary N) is 1. The Morgan fingerprint density at radius 3 is 2.12 bits per heavy atom. The van der Waals surface area contributed by atoms with Crippen molar-refractivity contribution in [2.45, 2.75) is 13.8 Å². The minimum atomic E-state index is 0.342. The largest absolute Gasteiger partial charge is 0.437 e. The molecule has 0 saturated carbocycles. The van der Waals surface area contributed by atoms with Crippen LogP contribution in [0.4, 0.5) is 11.5 Å². The third kappa shape index (κ3) is 5.30. The topological polar surface area (TPSA) is 82.7 Å². The summed E-state index contributed by atoms with van der Waals surface area (Å²) in [4.78, 5) is 10.5. The van der Waals surface area contributed by atoms with Crippen LogP contribution in [0.25, 0.3) is 0 Å². The van der Waals surface area contributed by atoms with E-state index in [0.29, 0.717) is 49.4 Å². The van der Waals surface area contributed by atoms with Gasteiger partial charge >= 0.3 is 0 Å². The standard InChI is InChI=1S/C18H26N4O3/c1-13-9-14(2)11-15(10-13)25-18-16(19)17(20-12-21-18)22(5-7-23-3)6-8-24-4/h9-12H,5-8,19H2,1-4H3. The number of ether oxygens (including phenoxy) is 3. The molecule has 0 radical (unpaired) electrons. The van der Waals surface area contributed by atoms with Crippen molar-refractivity contribution in [2.75, 3.05) is 51.2 Å². The molecule has 0 atom stereocenters. The molecule has 1 aromatic heterocycles. The number of methoxy groups -OCH3 is 2. The molecule has 0 spiro atoms. The molecule has 0 unspecified atom stereocenters. The number of nitrogens with zero attached hydrogens (tertiary/aromatic N) is 3. The van der Waals surface area contributed by atoms with E-state index >= 15 is 0 Å². The van der Waals surface area contributed by atoms with Crippen molar-refractivity contribution in [3.05, 3.63) is 35.7 Å². The Morgan fingerprint density at radius 2 is 1.56 bits per heavy atom. The Balaban J connectivity index is 2.27. The van der Waals surface area contributed by atoms with Crippen molar-refractivity contribution in [1.29, 1.82) is 0 Å². The second-order valence-corrected chi connectivity index (χ2v) is 5.81. The first-order valence-corrected chi connectivity index (χ1v) is 8.14. The number of aryl methyl sites for hydroxylation is 2. The van der Waals surface area contributed by atoms with Gasteiger partial charge in [0.15, 0.2) is 5.82 Å². The highest BCUT2D eigenvalue weighted by atomic mass is 16.5. The highest BCUT2D eigenvalue weighted by Gasteiger charge is 2.16. The van der Waals surface area contributed by atoms with Crippen LogP contribution in [0, 0.1) is 13.8 Å². The molecule has 2 rings (SSSR count). The minimum Gasteiger partial charge on any atom is -0.437 e. The minimum absolute atomic E-state index is 0.342. The number of benzene rings is 1. The molecule has 0 aliphatic heterocycles. The molecule has 25 heavy (non-hydrogen) atoms. The number of hydrogen-bond donors (Lipinski definition) is 1. The molecule has 136 valence electrons. The number of nitrogen functional groups attached to an aromatic ring is 1. The van der Waals surface area contributed by atoms with Crippen LogP contribution in [0.15, 0.2) is 24.5 Å². The van der Waals surface area contributed by atoms with Gasteiger partial charge in [-0.1, -0.05) is 6.07 Å². The Labute approximate surface area is 148 Å². The first-order chi connectivity index (χ1) is 12.0. The van der Waals surface area contributed by atoms with Crippen LogP contribution in [-0.2, 0) is 9.47 Å². The summed E-state index contributed by atoms with van der Waals surface area (Å²) in [6.45, 7) is 6.44. The molecule has 0 aliphatic carbocycles. The monoisotopic (exact) mass is 346 g/mol. The van der Waals surface area contributed by atoms with Crippen molar-refractivity contribution >= 4 is 11.5 Å². The van der Waals surface area contributed by atoms with E-state index < -0.39 is 0 Å². The van der Waals surface area contributed by atoms with Crippen molar-refractivity contribution in [1.82, 2.24) is 9.97 Å². The molecule has 0 fully saturated rings. The van der Waals surface area contributed by atoms with E-state index in [2.05, 4.69) is 16.0 Å². The summed E-state index contributed by atoms with van der Waals surface area (Å²) in [5, 5.41) is 0. The summed E-state index contributed by atoms with van der Waals surface area (Å²) in [5.41, 5.74) is 8.91. The lowest BCUT2D eigenvalue weighted by Gasteiger charge is -2.24. The van der Waals surface area contributed by atoms with Crippen LogP contribution in [-0.4, -0.2) is 50.5 Å². The van der Waals surface area contributed by atoms with E-state index in [4.69, 9.17) is 19.9 Å². The van der Waals surface area contributed by atoms with E-state index in [0.717, 1.165) is 11.1 Å². The summed E-state index contributed by atoms with van der Waals surface area (Å²) in [6.07, 6.45) is 1.45. The van der Waals surface area contributed by atoms with Gasteiger partial charge in [0.1, 0.15) is 17.8 Å². The zero-order valence-corrected chi connectivity index (χ0v) is 15.3. The number of aromatic nitrogens is 2. The van der Waals surface area contributed by atoms with Gasteiger partial charge < -0.3 is 24.8 Å². The van der Waals surface area contributed by atoms with Gasteiger partial charge in [0.05, 0.1) is 13.2 Å². The smallest absolute Gasteiger partial charge is 0.248 e.